The summed E-state index contributed by atoms with van der Waals surface area (Å²) >= 11 is 0.876. The highest BCUT2D eigenvalue weighted by atomic mass is 32.1. The largest absolute Gasteiger partial charge is 0.465 e. The molecule has 4 N–H and O–H groups in total. The van der Waals surface area contributed by atoms with Gasteiger partial charge in [0, 0.05) is 0 Å². The summed E-state index contributed by atoms with van der Waals surface area (Å²) < 4.78 is 12.6. The number of nitrogens with zero attached hydrogens (tertiary/aromatic N) is 2. The first kappa shape index (κ1) is 13.7. The summed E-state index contributed by atoms with van der Waals surface area (Å²) in [5.41, 5.74) is 5.28. The summed E-state index contributed by atoms with van der Waals surface area (Å²) in [7, 11) is 0. The molecule has 0 aliphatic heterocycles. The summed E-state index contributed by atoms with van der Waals surface area (Å²) in [4.78, 5) is 29.4. The Bertz CT molecular complexity index is 630. The molecule has 0 radical (unpaired) electrons. The van der Waals surface area contributed by atoms with Gasteiger partial charge in [-0.25, -0.2) is 14.8 Å². The number of carbonyl (C=O) groups is 2. The maximum absolute atomic E-state index is 12.6. The lowest BCUT2D eigenvalue weighted by molar-refractivity contribution is 0.0966. The molecule has 0 atom stereocenters. The SMILES string of the molecule is O=C(O)Nc1ncc(C(=O)NNc2ccc(F)nc2)s1. The Balaban J connectivity index is 1.93. The molecular weight excluding hydrogens is 289 g/mol. The first-order chi connectivity index (χ1) is 9.54. The molecule has 0 aliphatic carbocycles. The number of rotatable bonds is 4. The molecule has 0 saturated heterocycles. The van der Waals surface area contributed by atoms with Gasteiger partial charge in [0.1, 0.15) is 4.88 Å². The quantitative estimate of drug-likeness (QED) is 0.502. The van der Waals surface area contributed by atoms with Crippen LogP contribution in [0.15, 0.2) is 24.5 Å². The zero-order valence-corrected chi connectivity index (χ0v) is 10.6. The molecule has 20 heavy (non-hydrogen) atoms. The molecule has 0 aliphatic rings. The van der Waals surface area contributed by atoms with E-state index in [1.54, 1.807) is 0 Å². The second-order valence-electron chi connectivity index (χ2n) is 3.41. The topological polar surface area (TPSA) is 116 Å². The average Bonchev–Trinajstić information content (AvgIpc) is 2.85. The monoisotopic (exact) mass is 297 g/mol. The number of carbonyl (C=O) groups excluding carboxylic acids is 1. The standard InChI is InChI=1S/C10H8FN5O3S/c11-7-2-1-5(3-12-7)15-16-8(17)6-4-13-9(20-6)14-10(18)19/h1-4,15H,(H,13,14)(H,16,17)(H,18,19). The third kappa shape index (κ3) is 3.62. The molecule has 10 heteroatoms. The molecule has 104 valence electrons. The number of pyridine rings is 1. The van der Waals surface area contributed by atoms with Crippen LogP contribution in [0.3, 0.4) is 0 Å². The molecule has 2 aromatic heterocycles. The highest BCUT2D eigenvalue weighted by molar-refractivity contribution is 7.17. The van der Waals surface area contributed by atoms with Crippen molar-refractivity contribution < 1.29 is 19.1 Å². The number of hydrogen-bond donors (Lipinski definition) is 4. The van der Waals surface area contributed by atoms with Crippen LogP contribution in [-0.4, -0.2) is 27.1 Å². The summed E-state index contributed by atoms with van der Waals surface area (Å²) in [6.45, 7) is 0. The van der Waals surface area contributed by atoms with Gasteiger partial charge in [-0.15, -0.1) is 0 Å². The number of hydrazine groups is 1. The van der Waals surface area contributed by atoms with E-state index in [-0.39, 0.29) is 10.0 Å². The number of aromatic nitrogens is 2. The Morgan fingerprint density at radius 3 is 2.70 bits per heavy atom. The van der Waals surface area contributed by atoms with Crippen LogP contribution in [0.25, 0.3) is 0 Å². The van der Waals surface area contributed by atoms with Crippen molar-refractivity contribution in [1.29, 1.82) is 0 Å². The Labute approximate surface area is 115 Å². The molecule has 0 saturated carbocycles. The van der Waals surface area contributed by atoms with Gasteiger partial charge in [0.15, 0.2) is 5.13 Å². The van der Waals surface area contributed by atoms with Gasteiger partial charge in [-0.3, -0.25) is 21.0 Å². The van der Waals surface area contributed by atoms with Crippen molar-refractivity contribution in [3.8, 4) is 0 Å². The van der Waals surface area contributed by atoms with E-state index in [1.165, 1.54) is 18.5 Å². The van der Waals surface area contributed by atoms with Crippen molar-refractivity contribution in [2.75, 3.05) is 10.7 Å². The minimum Gasteiger partial charge on any atom is -0.465 e. The minimum atomic E-state index is -1.26. The number of halogens is 1. The van der Waals surface area contributed by atoms with Gasteiger partial charge >= 0.3 is 6.09 Å². The van der Waals surface area contributed by atoms with Crippen molar-refractivity contribution in [1.82, 2.24) is 15.4 Å². The summed E-state index contributed by atoms with van der Waals surface area (Å²) in [5, 5.41) is 10.6. The van der Waals surface area contributed by atoms with E-state index in [0.29, 0.717) is 5.69 Å². The summed E-state index contributed by atoms with van der Waals surface area (Å²) in [6.07, 6.45) is 1.18. The van der Waals surface area contributed by atoms with Crippen LogP contribution in [0.4, 0.5) is 20.0 Å². The fraction of sp³-hybridized carbons (Fsp3) is 0. The molecule has 2 heterocycles. The maximum atomic E-state index is 12.6. The van der Waals surface area contributed by atoms with E-state index in [4.69, 9.17) is 5.11 Å². The van der Waals surface area contributed by atoms with Gasteiger partial charge in [0.25, 0.3) is 5.91 Å². The lowest BCUT2D eigenvalue weighted by atomic mass is 10.4. The van der Waals surface area contributed by atoms with E-state index < -0.39 is 17.9 Å². The fourth-order valence-corrected chi connectivity index (χ4v) is 1.87. The number of hydrogen-bond acceptors (Lipinski definition) is 6. The van der Waals surface area contributed by atoms with E-state index in [1.807, 2.05) is 5.32 Å². The van der Waals surface area contributed by atoms with Gasteiger partial charge in [0.05, 0.1) is 18.1 Å². The fourth-order valence-electron chi connectivity index (χ4n) is 1.17. The molecule has 2 rings (SSSR count). The van der Waals surface area contributed by atoms with Crippen molar-refractivity contribution in [2.45, 2.75) is 0 Å². The number of thiazole rings is 1. The smallest absolute Gasteiger partial charge is 0.410 e. The Morgan fingerprint density at radius 2 is 2.05 bits per heavy atom. The normalized spacial score (nSPS) is 9.85. The number of carboxylic acid groups (broad SMARTS) is 1. The van der Waals surface area contributed by atoms with Crippen LogP contribution in [-0.2, 0) is 0 Å². The van der Waals surface area contributed by atoms with Crippen LogP contribution in [0.1, 0.15) is 9.67 Å². The first-order valence-electron chi connectivity index (χ1n) is 5.18. The maximum Gasteiger partial charge on any atom is 0.410 e. The Kier molecular flexibility index (Phi) is 4.05. The van der Waals surface area contributed by atoms with Gasteiger partial charge in [-0.2, -0.15) is 4.39 Å². The molecule has 0 aromatic carbocycles. The Morgan fingerprint density at radius 1 is 1.25 bits per heavy atom. The predicted octanol–water partition coefficient (Wildman–Crippen LogP) is 1.52. The third-order valence-electron chi connectivity index (χ3n) is 1.99. The lowest BCUT2D eigenvalue weighted by Crippen LogP contribution is -2.28. The second-order valence-corrected chi connectivity index (χ2v) is 4.44. The van der Waals surface area contributed by atoms with Crippen LogP contribution >= 0.6 is 11.3 Å². The van der Waals surface area contributed by atoms with Crippen LogP contribution in [0.5, 0.6) is 0 Å². The second kappa shape index (κ2) is 5.93. The zero-order valence-electron chi connectivity index (χ0n) is 9.75. The highest BCUT2D eigenvalue weighted by Crippen LogP contribution is 2.17. The van der Waals surface area contributed by atoms with E-state index in [2.05, 4.69) is 20.8 Å². The summed E-state index contributed by atoms with van der Waals surface area (Å²) in [5.74, 6) is -1.14. The molecule has 0 unspecified atom stereocenters. The lowest BCUT2D eigenvalue weighted by Gasteiger charge is -2.06. The van der Waals surface area contributed by atoms with Gasteiger partial charge in [-0.05, 0) is 12.1 Å². The summed E-state index contributed by atoms with van der Waals surface area (Å²) in [6, 6.07) is 2.53. The number of amides is 2. The molecular formula is C10H8FN5O3S. The van der Waals surface area contributed by atoms with Crippen molar-refractivity contribution >= 4 is 34.2 Å². The molecule has 8 nitrogen and oxygen atoms in total. The third-order valence-corrected chi connectivity index (χ3v) is 2.90. The minimum absolute atomic E-state index is 0.0890. The van der Waals surface area contributed by atoms with Gasteiger partial charge in [0.2, 0.25) is 5.95 Å². The van der Waals surface area contributed by atoms with E-state index in [0.717, 1.165) is 17.4 Å². The molecule has 2 amide bonds. The zero-order chi connectivity index (χ0) is 14.5. The molecule has 0 spiro atoms. The van der Waals surface area contributed by atoms with Crippen LogP contribution < -0.4 is 16.2 Å². The van der Waals surface area contributed by atoms with E-state index in [9.17, 15) is 14.0 Å². The highest BCUT2D eigenvalue weighted by Gasteiger charge is 2.11. The van der Waals surface area contributed by atoms with Crippen molar-refractivity contribution in [3.05, 3.63) is 35.4 Å². The van der Waals surface area contributed by atoms with Crippen LogP contribution in [0.2, 0.25) is 0 Å². The molecule has 2 aromatic rings. The average molecular weight is 297 g/mol. The Hall–Kier alpha value is -2.75. The van der Waals surface area contributed by atoms with Crippen LogP contribution in [0, 0.1) is 5.95 Å². The number of nitrogens with one attached hydrogen (secondary N) is 3. The number of anilines is 2. The first-order valence-corrected chi connectivity index (χ1v) is 6.00. The molecule has 0 bridgehead atoms. The molecule has 0 fully saturated rings. The predicted molar refractivity (Wildman–Crippen MR) is 69.0 cm³/mol. The van der Waals surface area contributed by atoms with E-state index >= 15 is 0 Å². The van der Waals surface area contributed by atoms with Gasteiger partial charge < -0.3 is 5.11 Å². The van der Waals surface area contributed by atoms with Gasteiger partial charge in [-0.1, -0.05) is 11.3 Å². The van der Waals surface area contributed by atoms with Crippen molar-refractivity contribution in [2.24, 2.45) is 0 Å². The van der Waals surface area contributed by atoms with Crippen molar-refractivity contribution in [3.63, 3.8) is 0 Å².